The number of hydrogen-bond acceptors (Lipinski definition) is 8. The third kappa shape index (κ3) is 3.97. The third-order valence-corrected chi connectivity index (χ3v) is 7.49. The summed E-state index contributed by atoms with van der Waals surface area (Å²) in [6.45, 7) is 12.9. The van der Waals surface area contributed by atoms with Crippen molar-refractivity contribution >= 4 is 34.1 Å². The van der Waals surface area contributed by atoms with Crippen LogP contribution in [-0.2, 0) is 0 Å². The largest absolute Gasteiger partial charge is 0.507 e. The summed E-state index contributed by atoms with van der Waals surface area (Å²) in [4.78, 5) is 24.3. The van der Waals surface area contributed by atoms with Crippen molar-refractivity contribution in [2.24, 2.45) is 0 Å². The summed E-state index contributed by atoms with van der Waals surface area (Å²) in [5.74, 6) is -2.41. The van der Waals surface area contributed by atoms with Crippen molar-refractivity contribution < 1.29 is 39.9 Å². The fourth-order valence-electron chi connectivity index (χ4n) is 5.87. The Labute approximate surface area is 232 Å². The molecule has 4 aromatic carbocycles. The van der Waals surface area contributed by atoms with Crippen molar-refractivity contribution in [3.8, 4) is 45.6 Å². The molecule has 0 bridgehead atoms. The van der Waals surface area contributed by atoms with E-state index in [1.54, 1.807) is 32.9 Å². The van der Waals surface area contributed by atoms with E-state index in [-0.39, 0.29) is 74.5 Å². The highest BCUT2D eigenvalue weighted by molar-refractivity contribution is 6.14. The molecule has 5 N–H and O–H groups in total. The Morgan fingerprint density at radius 3 is 1.50 bits per heavy atom. The lowest BCUT2D eigenvalue weighted by molar-refractivity contribution is 0.111. The number of phenols is 5. The Kier molecular flexibility index (Phi) is 7.32. The lowest BCUT2D eigenvalue weighted by Crippen LogP contribution is -2.04. The molecule has 0 aromatic heterocycles. The first-order valence-electron chi connectivity index (χ1n) is 13.2. The fourth-order valence-corrected chi connectivity index (χ4v) is 5.87. The molecule has 210 valence electrons. The number of aryl methyl sites for hydroxylation is 2. The van der Waals surface area contributed by atoms with Crippen molar-refractivity contribution in [3.63, 3.8) is 0 Å². The van der Waals surface area contributed by atoms with Crippen LogP contribution in [0.4, 0.5) is 0 Å². The first-order chi connectivity index (χ1) is 18.8. The molecule has 8 nitrogen and oxygen atoms in total. The quantitative estimate of drug-likeness (QED) is 0.122. The van der Waals surface area contributed by atoms with Crippen LogP contribution in [0.5, 0.6) is 34.5 Å². The van der Waals surface area contributed by atoms with Gasteiger partial charge in [0.25, 0.3) is 0 Å². The van der Waals surface area contributed by atoms with E-state index in [1.807, 2.05) is 27.7 Å². The second-order valence-electron chi connectivity index (χ2n) is 10.7. The SMILES string of the molecule is CCOc1c(O)c(C=O)c2c(O)c(-c3c(C)cc4c(C(C)C)c(O)c(O)c(C=O)c4c3O)c(C)cc2c1C(C)C. The van der Waals surface area contributed by atoms with Gasteiger partial charge in [0, 0.05) is 33.0 Å². The van der Waals surface area contributed by atoms with Crippen LogP contribution in [0.1, 0.15) is 89.4 Å². The van der Waals surface area contributed by atoms with Gasteiger partial charge in [0.15, 0.2) is 35.6 Å². The molecule has 0 spiro atoms. The van der Waals surface area contributed by atoms with E-state index < -0.39 is 11.5 Å². The second kappa shape index (κ2) is 10.3. The zero-order valence-electron chi connectivity index (χ0n) is 23.6. The molecule has 0 atom stereocenters. The van der Waals surface area contributed by atoms with Gasteiger partial charge in [-0.25, -0.2) is 0 Å². The molecule has 0 saturated heterocycles. The van der Waals surface area contributed by atoms with E-state index in [0.29, 0.717) is 45.6 Å². The predicted octanol–water partition coefficient (Wildman–Crippen LogP) is 7.08. The Bertz CT molecular complexity index is 1710. The minimum absolute atomic E-state index is 0.0292. The van der Waals surface area contributed by atoms with Gasteiger partial charge in [0.05, 0.1) is 17.7 Å². The molecule has 0 amide bonds. The topological polar surface area (TPSA) is 145 Å². The van der Waals surface area contributed by atoms with E-state index in [1.165, 1.54) is 0 Å². The van der Waals surface area contributed by atoms with Gasteiger partial charge in [-0.15, -0.1) is 0 Å². The smallest absolute Gasteiger partial charge is 0.169 e. The van der Waals surface area contributed by atoms with E-state index >= 15 is 0 Å². The molecular weight excluding hydrogens is 512 g/mol. The maximum absolute atomic E-state index is 12.3. The molecule has 0 saturated carbocycles. The molecule has 8 heteroatoms. The summed E-state index contributed by atoms with van der Waals surface area (Å²) in [5.41, 5.74) is 1.98. The summed E-state index contributed by atoms with van der Waals surface area (Å²) in [5, 5.41) is 56.9. The number of benzene rings is 4. The van der Waals surface area contributed by atoms with Gasteiger partial charge in [-0.2, -0.15) is 0 Å². The van der Waals surface area contributed by atoms with Gasteiger partial charge in [0.1, 0.15) is 11.5 Å². The number of ether oxygens (including phenoxy) is 1. The number of aromatic hydroxyl groups is 5. The Hall–Kier alpha value is -4.46. The summed E-state index contributed by atoms with van der Waals surface area (Å²) < 4.78 is 5.73. The number of carbonyl (C=O) groups is 2. The molecule has 0 heterocycles. The van der Waals surface area contributed by atoms with Crippen LogP contribution in [0.3, 0.4) is 0 Å². The maximum Gasteiger partial charge on any atom is 0.169 e. The number of fused-ring (bicyclic) bond motifs is 2. The highest BCUT2D eigenvalue weighted by Crippen LogP contribution is 2.54. The monoisotopic (exact) mass is 546 g/mol. The third-order valence-electron chi connectivity index (χ3n) is 7.49. The molecule has 40 heavy (non-hydrogen) atoms. The van der Waals surface area contributed by atoms with Gasteiger partial charge in [-0.1, -0.05) is 39.8 Å². The molecule has 0 unspecified atom stereocenters. The molecule has 4 aromatic rings. The van der Waals surface area contributed by atoms with Crippen molar-refractivity contribution in [2.75, 3.05) is 6.61 Å². The highest BCUT2D eigenvalue weighted by atomic mass is 16.5. The minimum Gasteiger partial charge on any atom is -0.507 e. The van der Waals surface area contributed by atoms with Crippen LogP contribution in [0.25, 0.3) is 32.7 Å². The summed E-state index contributed by atoms with van der Waals surface area (Å²) in [7, 11) is 0. The van der Waals surface area contributed by atoms with Gasteiger partial charge in [-0.3, -0.25) is 9.59 Å². The molecule has 4 rings (SSSR count). The number of carbonyl (C=O) groups excluding carboxylic acids is 2. The van der Waals surface area contributed by atoms with Gasteiger partial charge in [-0.05, 0) is 54.5 Å². The molecule has 0 radical (unpaired) electrons. The van der Waals surface area contributed by atoms with Crippen LogP contribution in [-0.4, -0.2) is 44.7 Å². The normalized spacial score (nSPS) is 11.6. The summed E-state index contributed by atoms with van der Waals surface area (Å²) in [6.07, 6.45) is 0.816. The van der Waals surface area contributed by atoms with E-state index in [4.69, 9.17) is 4.74 Å². The second-order valence-corrected chi connectivity index (χ2v) is 10.7. The van der Waals surface area contributed by atoms with Gasteiger partial charge >= 0.3 is 0 Å². The van der Waals surface area contributed by atoms with Crippen LogP contribution < -0.4 is 4.74 Å². The number of phenolic OH excluding ortho intramolecular Hbond substituents is 5. The van der Waals surface area contributed by atoms with Crippen molar-refractivity contribution in [1.29, 1.82) is 0 Å². The Morgan fingerprint density at radius 2 is 1.10 bits per heavy atom. The maximum atomic E-state index is 12.3. The van der Waals surface area contributed by atoms with Crippen molar-refractivity contribution in [2.45, 2.75) is 60.3 Å². The van der Waals surface area contributed by atoms with E-state index in [2.05, 4.69) is 0 Å². The highest BCUT2D eigenvalue weighted by Gasteiger charge is 2.30. The lowest BCUT2D eigenvalue weighted by Gasteiger charge is -2.24. The van der Waals surface area contributed by atoms with E-state index in [0.717, 1.165) is 0 Å². The predicted molar refractivity (Wildman–Crippen MR) is 155 cm³/mol. The molecule has 0 aliphatic carbocycles. The Balaban J connectivity index is 2.26. The van der Waals surface area contributed by atoms with Crippen LogP contribution >= 0.6 is 0 Å². The van der Waals surface area contributed by atoms with E-state index in [9.17, 15) is 35.1 Å². The van der Waals surface area contributed by atoms with Crippen molar-refractivity contribution in [1.82, 2.24) is 0 Å². The molecule has 0 fully saturated rings. The Morgan fingerprint density at radius 1 is 0.675 bits per heavy atom. The van der Waals surface area contributed by atoms with Crippen LogP contribution in [0.15, 0.2) is 12.1 Å². The van der Waals surface area contributed by atoms with Crippen LogP contribution in [0, 0.1) is 13.8 Å². The zero-order valence-corrected chi connectivity index (χ0v) is 23.6. The van der Waals surface area contributed by atoms with Gasteiger partial charge in [0.2, 0.25) is 0 Å². The standard InChI is InChI=1S/C32H34O8/c1-8-40-32-22(14(4)5)18-10-16(7)24(30(38)26(18)20(12-34)28(32)36)23-15(6)9-17-21(13(2)3)31(39)27(35)19(11-33)25(17)29(23)37/h9-14,35-39H,8H2,1-7H3. The number of aldehydes is 2. The average molecular weight is 547 g/mol. The molecule has 0 aliphatic rings. The van der Waals surface area contributed by atoms with Crippen molar-refractivity contribution in [3.05, 3.63) is 45.5 Å². The first-order valence-corrected chi connectivity index (χ1v) is 13.2. The van der Waals surface area contributed by atoms with Crippen LogP contribution in [0.2, 0.25) is 0 Å². The minimum atomic E-state index is -0.644. The number of hydrogen-bond donors (Lipinski definition) is 5. The lowest BCUT2D eigenvalue weighted by atomic mass is 9.83. The average Bonchev–Trinajstić information content (AvgIpc) is 2.87. The first kappa shape index (κ1) is 28.5. The summed E-state index contributed by atoms with van der Waals surface area (Å²) >= 11 is 0. The fraction of sp³-hybridized carbons (Fsp3) is 0.312. The van der Waals surface area contributed by atoms with Gasteiger partial charge < -0.3 is 30.3 Å². The molecule has 0 aliphatic heterocycles. The molecular formula is C32H34O8. The summed E-state index contributed by atoms with van der Waals surface area (Å²) in [6, 6.07) is 3.46. The number of rotatable bonds is 7. The zero-order chi connectivity index (χ0) is 29.8.